The first-order chi connectivity index (χ1) is 30.0. The van der Waals surface area contributed by atoms with Gasteiger partial charge in [0.05, 0.1) is 50.1 Å². The Labute approximate surface area is 365 Å². The number of aromatic nitrogens is 5. The average Bonchev–Trinajstić information content (AvgIpc) is 3.74. The van der Waals surface area contributed by atoms with E-state index in [9.17, 15) is 19.2 Å². The summed E-state index contributed by atoms with van der Waals surface area (Å²) >= 11 is 7.90. The quantitative estimate of drug-likeness (QED) is 0.0759. The molecule has 0 spiro atoms. The predicted octanol–water partition coefficient (Wildman–Crippen LogP) is 6.04. The van der Waals surface area contributed by atoms with Gasteiger partial charge in [-0.25, -0.2) is 4.68 Å². The van der Waals surface area contributed by atoms with Crippen molar-refractivity contribution in [3.8, 4) is 10.8 Å². The first kappa shape index (κ1) is 42.4. The van der Waals surface area contributed by atoms with Crippen molar-refractivity contribution in [2.24, 2.45) is 4.99 Å². The molecular weight excluding hydrogens is 834 g/mol. The lowest BCUT2D eigenvalue weighted by atomic mass is 9.99. The number of aryl methyl sites for hydroxylation is 2. The number of nitrogens with one attached hydrogen (secondary N) is 3. The fraction of sp³-hybridized carbons (Fsp3) is 0.318. The van der Waals surface area contributed by atoms with Crippen molar-refractivity contribution in [1.82, 2.24) is 29.9 Å². The highest BCUT2D eigenvalue weighted by molar-refractivity contribution is 7.15. The van der Waals surface area contributed by atoms with Crippen LogP contribution in [0.2, 0.25) is 5.02 Å². The lowest BCUT2D eigenvalue weighted by Crippen LogP contribution is -2.45. The van der Waals surface area contributed by atoms with Crippen molar-refractivity contribution in [2.75, 3.05) is 50.2 Å². The van der Waals surface area contributed by atoms with Gasteiger partial charge in [-0.3, -0.25) is 34.1 Å². The van der Waals surface area contributed by atoms with Gasteiger partial charge in [-0.2, -0.15) is 5.10 Å². The molecule has 0 aliphatic carbocycles. The van der Waals surface area contributed by atoms with Crippen LogP contribution in [-0.4, -0.2) is 87.6 Å². The number of anilines is 2. The van der Waals surface area contributed by atoms with Gasteiger partial charge in [0, 0.05) is 50.8 Å². The number of amides is 3. The average molecular weight is 878 g/mol. The van der Waals surface area contributed by atoms with Crippen molar-refractivity contribution in [3.63, 3.8) is 0 Å². The van der Waals surface area contributed by atoms with E-state index < -0.39 is 23.6 Å². The van der Waals surface area contributed by atoms with Gasteiger partial charge in [-0.05, 0) is 81.3 Å². The highest BCUT2D eigenvalue weighted by Crippen LogP contribution is 2.39. The van der Waals surface area contributed by atoms with Gasteiger partial charge in [-0.1, -0.05) is 29.8 Å². The van der Waals surface area contributed by atoms with E-state index in [4.69, 9.17) is 30.8 Å². The fourth-order valence-electron chi connectivity index (χ4n) is 7.36. The van der Waals surface area contributed by atoms with E-state index in [0.29, 0.717) is 72.6 Å². The molecule has 18 heteroatoms. The summed E-state index contributed by atoms with van der Waals surface area (Å²) in [7, 11) is 0. The Balaban J connectivity index is 0.764. The molecule has 1 unspecified atom stereocenters. The molecular formula is C44H44ClN9O7S. The van der Waals surface area contributed by atoms with Crippen molar-refractivity contribution in [2.45, 2.75) is 52.1 Å². The first-order valence-corrected chi connectivity index (χ1v) is 21.4. The van der Waals surface area contributed by atoms with E-state index >= 15 is 0 Å². The zero-order chi connectivity index (χ0) is 43.3. The maximum atomic E-state index is 13.5. The van der Waals surface area contributed by atoms with E-state index in [0.717, 1.165) is 43.6 Å². The molecule has 5 heterocycles. The third-order valence-electron chi connectivity index (χ3n) is 10.6. The number of imide groups is 1. The largest absolute Gasteiger partial charge is 0.491 e. The Morgan fingerprint density at radius 2 is 1.66 bits per heavy atom. The summed E-state index contributed by atoms with van der Waals surface area (Å²) in [6.07, 6.45) is 1.98. The molecule has 0 radical (unpaired) electrons. The van der Waals surface area contributed by atoms with Crippen LogP contribution in [0.1, 0.15) is 64.6 Å². The van der Waals surface area contributed by atoms with Crippen LogP contribution in [0, 0.1) is 20.8 Å². The minimum Gasteiger partial charge on any atom is -0.491 e. The summed E-state index contributed by atoms with van der Waals surface area (Å²) < 4.78 is 20.4. The fourth-order valence-corrected chi connectivity index (χ4v) is 8.70. The van der Waals surface area contributed by atoms with E-state index in [-0.39, 0.29) is 31.1 Å². The summed E-state index contributed by atoms with van der Waals surface area (Å²) in [5, 5.41) is 24.2. The number of fused-ring (bicyclic) bond motifs is 4. The Morgan fingerprint density at radius 1 is 0.919 bits per heavy atom. The van der Waals surface area contributed by atoms with Crippen LogP contribution in [0.3, 0.4) is 0 Å². The van der Waals surface area contributed by atoms with Crippen LogP contribution in [0.25, 0.3) is 15.8 Å². The molecule has 2 aliphatic rings. The normalized spacial score (nSPS) is 16.0. The molecule has 0 saturated carbocycles. The Kier molecular flexibility index (Phi) is 12.8. The number of aliphatic imine (C=N–C) groups is 1. The van der Waals surface area contributed by atoms with Crippen molar-refractivity contribution < 1.29 is 28.6 Å². The molecule has 16 nitrogen and oxygen atoms in total. The Bertz CT molecular complexity index is 2730. The molecule has 6 aromatic rings. The number of carbonyl (C=O) groups is 3. The van der Waals surface area contributed by atoms with Crippen molar-refractivity contribution >= 4 is 68.5 Å². The number of carbonyl (C=O) groups excluding carboxylic acids is 3. The molecule has 2 atom stereocenters. The third-order valence-corrected chi connectivity index (χ3v) is 12.1. The number of piperidine rings is 1. The van der Waals surface area contributed by atoms with Gasteiger partial charge in [0.15, 0.2) is 5.82 Å². The maximum Gasteiger partial charge on any atom is 0.275 e. The van der Waals surface area contributed by atoms with Gasteiger partial charge in [0.25, 0.3) is 11.5 Å². The summed E-state index contributed by atoms with van der Waals surface area (Å²) in [4.78, 5) is 56.9. The number of halogens is 1. The number of hydrogen-bond acceptors (Lipinski definition) is 13. The minimum absolute atomic E-state index is 0.0551. The van der Waals surface area contributed by atoms with Gasteiger partial charge < -0.3 is 24.8 Å². The topological polar surface area (TPSA) is 193 Å². The van der Waals surface area contributed by atoms with E-state index in [1.807, 2.05) is 41.8 Å². The number of rotatable bonds is 16. The van der Waals surface area contributed by atoms with Crippen LogP contribution in [-0.2, 0) is 23.9 Å². The third kappa shape index (κ3) is 9.30. The summed E-state index contributed by atoms with van der Waals surface area (Å²) in [5.74, 6) is 0.874. The Morgan fingerprint density at radius 3 is 2.44 bits per heavy atom. The zero-order valence-corrected chi connectivity index (χ0v) is 35.8. The number of ether oxygens (including phenoxy) is 3. The smallest absolute Gasteiger partial charge is 0.275 e. The van der Waals surface area contributed by atoms with E-state index in [1.165, 1.54) is 4.88 Å². The second-order valence-corrected chi connectivity index (χ2v) is 16.5. The Hall–Kier alpha value is -6.27. The molecule has 3 aromatic heterocycles. The standard InChI is InChI=1S/C44H44ClN9O7S/c1-25-26(2)62-44-39(25)40(28-4-7-30(45)8-5-28)49-35(41-52-51-27(3)53(41)44)23-38(56)48-31-10-12-33(13-11-31)61-21-20-60-19-18-59-17-16-46-32-9-6-29-24-47-54(43(58)34(29)22-32)36-14-15-37(55)50-42(36)57/h4-13,22,24,35-36,46H,14-21,23H2,1-3H3,(H,48,56)(H,50,55,57)/t35-,36?/m0/s1. The molecule has 3 amide bonds. The second-order valence-electron chi connectivity index (χ2n) is 14.8. The highest BCUT2D eigenvalue weighted by Gasteiger charge is 2.33. The molecule has 3 aromatic carbocycles. The molecule has 320 valence electrons. The van der Waals surface area contributed by atoms with Crippen LogP contribution in [0.5, 0.6) is 5.75 Å². The first-order valence-electron chi connectivity index (χ1n) is 20.2. The van der Waals surface area contributed by atoms with Crippen LogP contribution < -0.4 is 26.2 Å². The lowest BCUT2D eigenvalue weighted by molar-refractivity contribution is -0.136. The zero-order valence-electron chi connectivity index (χ0n) is 34.3. The number of nitrogens with zero attached hydrogens (tertiary/aromatic N) is 6. The summed E-state index contributed by atoms with van der Waals surface area (Å²) in [6, 6.07) is 18.7. The molecule has 62 heavy (non-hydrogen) atoms. The number of benzene rings is 3. The molecule has 1 fully saturated rings. The van der Waals surface area contributed by atoms with Crippen LogP contribution >= 0.6 is 22.9 Å². The number of thiophene rings is 1. The van der Waals surface area contributed by atoms with Gasteiger partial charge in [-0.15, -0.1) is 21.5 Å². The van der Waals surface area contributed by atoms with Crippen molar-refractivity contribution in [3.05, 3.63) is 122 Å². The van der Waals surface area contributed by atoms with Crippen LogP contribution in [0.4, 0.5) is 11.4 Å². The molecule has 3 N–H and O–H groups in total. The molecule has 1 saturated heterocycles. The molecule has 8 rings (SSSR count). The maximum absolute atomic E-state index is 13.5. The highest BCUT2D eigenvalue weighted by atomic mass is 35.5. The van der Waals surface area contributed by atoms with E-state index in [1.54, 1.807) is 53.9 Å². The molecule has 0 bridgehead atoms. The lowest BCUT2D eigenvalue weighted by Gasteiger charge is -2.21. The predicted molar refractivity (Wildman–Crippen MR) is 236 cm³/mol. The minimum atomic E-state index is -0.825. The van der Waals surface area contributed by atoms with Crippen molar-refractivity contribution in [1.29, 1.82) is 0 Å². The van der Waals surface area contributed by atoms with Gasteiger partial charge in [0.2, 0.25) is 11.8 Å². The summed E-state index contributed by atoms with van der Waals surface area (Å²) in [5.41, 5.74) is 4.77. The number of hydrogen-bond donors (Lipinski definition) is 3. The summed E-state index contributed by atoms with van der Waals surface area (Å²) in [6.45, 7) is 8.45. The van der Waals surface area contributed by atoms with Crippen LogP contribution in [0.15, 0.2) is 82.7 Å². The monoisotopic (exact) mass is 877 g/mol. The second kappa shape index (κ2) is 18.8. The van der Waals surface area contributed by atoms with Gasteiger partial charge >= 0.3 is 0 Å². The molecule has 2 aliphatic heterocycles. The van der Waals surface area contributed by atoms with Gasteiger partial charge in [0.1, 0.15) is 35.3 Å². The van der Waals surface area contributed by atoms with E-state index in [2.05, 4.69) is 45.1 Å². The SMILES string of the molecule is Cc1sc2c(c1C)C(c1ccc(Cl)cc1)=N[C@@H](CC(=O)Nc1ccc(OCCOCCOCCNc3ccc4cnn(C5CCC(=O)NC5=O)c(=O)c4c3)cc1)c1nnc(C)n1-2.